The molecule has 0 atom stereocenters. The molecule has 0 aliphatic heterocycles. The van der Waals surface area contributed by atoms with E-state index in [1.165, 1.54) is 37.2 Å². The molecule has 3 heterocycles. The fourth-order valence-electron chi connectivity index (χ4n) is 2.00. The van der Waals surface area contributed by atoms with Gasteiger partial charge in [-0.05, 0) is 0 Å². The molecule has 0 fully saturated rings. The standard InChI is InChI=1S/C12H12N7O5P/c20-10(7-13-1-2-14-7)19(11(21)8-15-3-4-16-8)25(23,24)12(22)9-17-5-6-18-9/h1-6,23-25H,(H,13,14)(H,15,16)(H,17,18). The average Bonchev–Trinajstić information content (AvgIpc) is 3.37. The van der Waals surface area contributed by atoms with E-state index in [2.05, 4.69) is 29.9 Å². The number of carbonyl (C=O) groups excluding carboxylic acids is 3. The molecule has 0 spiro atoms. The summed E-state index contributed by atoms with van der Waals surface area (Å²) in [5.74, 6) is -3.49. The van der Waals surface area contributed by atoms with Gasteiger partial charge in [0.1, 0.15) is 0 Å². The monoisotopic (exact) mass is 365 g/mol. The van der Waals surface area contributed by atoms with Crippen LogP contribution in [0.4, 0.5) is 0 Å². The molecule has 25 heavy (non-hydrogen) atoms. The number of amides is 2. The molecule has 2 amide bonds. The molecule has 0 bridgehead atoms. The molecule has 3 aromatic rings. The predicted octanol–water partition coefficient (Wildman–Crippen LogP) is -0.542. The van der Waals surface area contributed by atoms with Crippen LogP contribution < -0.4 is 0 Å². The van der Waals surface area contributed by atoms with Crippen molar-refractivity contribution in [3.63, 3.8) is 0 Å². The molecule has 130 valence electrons. The summed E-state index contributed by atoms with van der Waals surface area (Å²) in [6.45, 7) is 0. The van der Waals surface area contributed by atoms with Crippen LogP contribution in [-0.2, 0) is 0 Å². The predicted molar refractivity (Wildman–Crippen MR) is 83.3 cm³/mol. The van der Waals surface area contributed by atoms with Gasteiger partial charge in [0.25, 0.3) is 0 Å². The van der Waals surface area contributed by atoms with Crippen molar-refractivity contribution in [2.24, 2.45) is 0 Å². The first-order valence-corrected chi connectivity index (χ1v) is 8.63. The van der Waals surface area contributed by atoms with Gasteiger partial charge in [-0.15, -0.1) is 0 Å². The maximum atomic E-state index is 12.6. The van der Waals surface area contributed by atoms with Crippen molar-refractivity contribution in [3.05, 3.63) is 54.7 Å². The van der Waals surface area contributed by atoms with Crippen LogP contribution in [0.3, 0.4) is 0 Å². The molecule has 0 aliphatic rings. The van der Waals surface area contributed by atoms with E-state index in [0.29, 0.717) is 0 Å². The minimum absolute atomic E-state index is 0.0650. The number of nitrogens with zero attached hydrogens (tertiary/aromatic N) is 4. The molecule has 0 radical (unpaired) electrons. The van der Waals surface area contributed by atoms with E-state index in [-0.39, 0.29) is 16.3 Å². The molecular weight excluding hydrogens is 353 g/mol. The van der Waals surface area contributed by atoms with E-state index in [0.717, 1.165) is 0 Å². The first kappa shape index (κ1) is 16.6. The van der Waals surface area contributed by atoms with E-state index in [1.54, 1.807) is 0 Å². The van der Waals surface area contributed by atoms with E-state index in [4.69, 9.17) is 0 Å². The summed E-state index contributed by atoms with van der Waals surface area (Å²) in [6, 6.07) is 0. The van der Waals surface area contributed by atoms with Gasteiger partial charge in [-0.3, -0.25) is 0 Å². The van der Waals surface area contributed by atoms with Crippen LogP contribution in [0.2, 0.25) is 0 Å². The van der Waals surface area contributed by atoms with Crippen molar-refractivity contribution >= 4 is 25.2 Å². The van der Waals surface area contributed by atoms with E-state index in [1.807, 2.05) is 0 Å². The molecule has 0 aromatic carbocycles. The van der Waals surface area contributed by atoms with Crippen molar-refractivity contribution in [1.29, 1.82) is 0 Å². The summed E-state index contributed by atoms with van der Waals surface area (Å²) >= 11 is 0. The molecule has 12 nitrogen and oxygen atoms in total. The van der Waals surface area contributed by atoms with Gasteiger partial charge in [-0.25, -0.2) is 0 Å². The van der Waals surface area contributed by atoms with Crippen LogP contribution in [0.15, 0.2) is 37.2 Å². The number of imidazole rings is 3. The zero-order chi connectivity index (χ0) is 18.0. The molecule has 0 saturated carbocycles. The Morgan fingerprint density at radius 2 is 1.20 bits per heavy atom. The van der Waals surface area contributed by atoms with Crippen molar-refractivity contribution in [1.82, 2.24) is 34.6 Å². The van der Waals surface area contributed by atoms with E-state index in [9.17, 15) is 24.2 Å². The van der Waals surface area contributed by atoms with Gasteiger partial charge >= 0.3 is 139 Å². The van der Waals surface area contributed by atoms with E-state index >= 15 is 0 Å². The number of aromatic amines is 3. The summed E-state index contributed by atoms with van der Waals surface area (Å²) in [5, 5.41) is 0. The third-order valence-corrected chi connectivity index (χ3v) is 5.01. The van der Waals surface area contributed by atoms with Gasteiger partial charge in [0.05, 0.1) is 0 Å². The second-order valence-corrected chi connectivity index (χ2v) is 6.90. The van der Waals surface area contributed by atoms with Crippen LogP contribution in [0.25, 0.3) is 0 Å². The first-order valence-electron chi connectivity index (χ1n) is 6.79. The molecule has 13 heteroatoms. The topological polar surface area (TPSA) is 181 Å². The normalized spacial score (nSPS) is 11.9. The average molecular weight is 365 g/mol. The van der Waals surface area contributed by atoms with Gasteiger partial charge in [-0.1, -0.05) is 0 Å². The molecule has 5 N–H and O–H groups in total. The van der Waals surface area contributed by atoms with Crippen molar-refractivity contribution in [2.45, 2.75) is 0 Å². The molecule has 3 rings (SSSR count). The number of hydrogen-bond acceptors (Lipinski definition) is 8. The Hall–Kier alpha value is -3.21. The second kappa shape index (κ2) is 6.36. The van der Waals surface area contributed by atoms with Crippen molar-refractivity contribution in [2.75, 3.05) is 0 Å². The Kier molecular flexibility index (Phi) is 4.23. The zero-order valence-electron chi connectivity index (χ0n) is 12.4. The van der Waals surface area contributed by atoms with Gasteiger partial charge < -0.3 is 0 Å². The number of H-pyrrole nitrogens is 3. The summed E-state index contributed by atoms with van der Waals surface area (Å²) in [7, 11) is -5.30. The summed E-state index contributed by atoms with van der Waals surface area (Å²) in [5.41, 5.74) is -1.28. The van der Waals surface area contributed by atoms with Crippen LogP contribution in [0.5, 0.6) is 0 Å². The molecule has 3 aromatic heterocycles. The van der Waals surface area contributed by atoms with Crippen LogP contribution >= 0.6 is 7.87 Å². The zero-order valence-corrected chi connectivity index (χ0v) is 13.4. The number of carbonyl (C=O) groups is 3. The number of aromatic nitrogens is 6. The minimum atomic E-state index is -5.30. The Bertz CT molecular complexity index is 842. The summed E-state index contributed by atoms with van der Waals surface area (Å²) in [4.78, 5) is 76.6. The van der Waals surface area contributed by atoms with Crippen LogP contribution in [0, 0.1) is 0 Å². The fourth-order valence-corrected chi connectivity index (χ4v) is 3.44. The SMILES string of the molecule is O=C(c1ncc[nH]1)N(C(=O)c1ncc[nH]1)[PH](O)(O)C(=O)c1ncc[nH]1. The van der Waals surface area contributed by atoms with Gasteiger partial charge in [0, 0.05) is 0 Å². The second-order valence-electron chi connectivity index (χ2n) is 4.72. The van der Waals surface area contributed by atoms with Gasteiger partial charge in [-0.2, -0.15) is 0 Å². The number of nitrogens with one attached hydrogen (secondary N) is 3. The van der Waals surface area contributed by atoms with Crippen LogP contribution in [-0.4, -0.2) is 61.7 Å². The fraction of sp³-hybridized carbons (Fsp3) is 0. The van der Waals surface area contributed by atoms with Gasteiger partial charge in [0.2, 0.25) is 0 Å². The molecule has 0 aliphatic carbocycles. The van der Waals surface area contributed by atoms with Gasteiger partial charge in [0.15, 0.2) is 0 Å². The number of rotatable bonds is 5. The molecular formula is C12H12N7O5P. The Labute approximate surface area is 139 Å². The third-order valence-electron chi connectivity index (χ3n) is 3.14. The Balaban J connectivity index is 2.05. The van der Waals surface area contributed by atoms with Crippen molar-refractivity contribution < 1.29 is 24.2 Å². The Morgan fingerprint density at radius 1 is 0.800 bits per heavy atom. The first-order chi connectivity index (χ1) is 11.9. The van der Waals surface area contributed by atoms with Crippen LogP contribution in [0.1, 0.15) is 31.9 Å². The molecule has 0 unspecified atom stereocenters. The Morgan fingerprint density at radius 3 is 1.56 bits per heavy atom. The number of imide groups is 1. The third kappa shape index (κ3) is 2.96. The van der Waals surface area contributed by atoms with E-state index < -0.39 is 31.0 Å². The maximum absolute atomic E-state index is 12.6. The summed E-state index contributed by atoms with van der Waals surface area (Å²) < 4.78 is 0.0650. The van der Waals surface area contributed by atoms with Crippen molar-refractivity contribution in [3.8, 4) is 0 Å². The number of hydrogen-bond donors (Lipinski definition) is 5. The molecule has 0 saturated heterocycles. The quantitative estimate of drug-likeness (QED) is 0.295. The summed E-state index contributed by atoms with van der Waals surface area (Å²) in [6.07, 6.45) is 7.56.